The van der Waals surface area contributed by atoms with E-state index in [1.165, 1.54) is 16.4 Å². The summed E-state index contributed by atoms with van der Waals surface area (Å²) < 4.78 is 40.3. The minimum Gasteiger partial charge on any atom is -0.336 e. The van der Waals surface area contributed by atoms with Crippen LogP contribution in [0.5, 0.6) is 0 Å². The average Bonchev–Trinajstić information content (AvgIpc) is 2.73. The number of nitrogens with zero attached hydrogens (tertiary/aromatic N) is 3. The van der Waals surface area contributed by atoms with Gasteiger partial charge in [-0.25, -0.2) is 12.8 Å². The van der Waals surface area contributed by atoms with E-state index in [-0.39, 0.29) is 29.7 Å². The molecular weight excluding hydrogens is 393 g/mol. The van der Waals surface area contributed by atoms with Crippen LogP contribution < -0.4 is 0 Å². The average molecular weight is 413 g/mol. The second kappa shape index (κ2) is 7.53. The monoisotopic (exact) mass is 413 g/mol. The van der Waals surface area contributed by atoms with Crippen molar-refractivity contribution in [3.05, 3.63) is 71.7 Å². The van der Waals surface area contributed by atoms with Crippen LogP contribution in [0.1, 0.15) is 16.1 Å². The van der Waals surface area contributed by atoms with Crippen molar-refractivity contribution in [2.75, 3.05) is 26.2 Å². The van der Waals surface area contributed by atoms with Crippen molar-refractivity contribution >= 4 is 26.8 Å². The van der Waals surface area contributed by atoms with Gasteiger partial charge in [-0.05, 0) is 37.3 Å². The molecule has 0 N–H and O–H groups in total. The lowest BCUT2D eigenvalue weighted by atomic mass is 10.1. The third kappa shape index (κ3) is 3.73. The Morgan fingerprint density at radius 2 is 1.69 bits per heavy atom. The fraction of sp³-hybridized carbons (Fsp3) is 0.238. The Morgan fingerprint density at radius 3 is 2.38 bits per heavy atom. The number of rotatable bonds is 3. The Labute approximate surface area is 168 Å². The molecule has 6 nitrogen and oxygen atoms in total. The minimum absolute atomic E-state index is 0.196. The van der Waals surface area contributed by atoms with Crippen LogP contribution in [0.3, 0.4) is 0 Å². The molecule has 150 valence electrons. The van der Waals surface area contributed by atoms with Gasteiger partial charge in [-0.2, -0.15) is 4.31 Å². The highest BCUT2D eigenvalue weighted by Gasteiger charge is 2.30. The minimum atomic E-state index is -3.57. The SMILES string of the molecule is Cc1nc2cc(F)ccc2cc1C(=O)N1CCN(S(=O)(=O)c2ccccc2)CC1. The van der Waals surface area contributed by atoms with Crippen molar-refractivity contribution in [3.8, 4) is 0 Å². The zero-order valence-corrected chi connectivity index (χ0v) is 16.7. The van der Waals surface area contributed by atoms with Crippen LogP contribution >= 0.6 is 0 Å². The van der Waals surface area contributed by atoms with Crippen molar-refractivity contribution in [3.63, 3.8) is 0 Å². The van der Waals surface area contributed by atoms with E-state index in [1.54, 1.807) is 54.3 Å². The highest BCUT2D eigenvalue weighted by Crippen LogP contribution is 2.21. The number of halogens is 1. The smallest absolute Gasteiger partial charge is 0.255 e. The van der Waals surface area contributed by atoms with Gasteiger partial charge >= 0.3 is 0 Å². The van der Waals surface area contributed by atoms with E-state index in [9.17, 15) is 17.6 Å². The van der Waals surface area contributed by atoms with Crippen LogP contribution in [0.15, 0.2) is 59.5 Å². The molecule has 3 aromatic rings. The summed E-state index contributed by atoms with van der Waals surface area (Å²) in [4.78, 5) is 19.2. The first kappa shape index (κ1) is 19.5. The number of hydrogen-bond donors (Lipinski definition) is 0. The van der Waals surface area contributed by atoms with Crippen LogP contribution in [-0.4, -0.2) is 54.7 Å². The molecule has 0 spiro atoms. The summed E-state index contributed by atoms with van der Waals surface area (Å²) in [5.41, 5.74) is 1.47. The molecule has 1 fully saturated rings. The number of pyridine rings is 1. The number of carbonyl (C=O) groups is 1. The molecule has 8 heteroatoms. The van der Waals surface area contributed by atoms with E-state index in [1.807, 2.05) is 0 Å². The summed E-state index contributed by atoms with van der Waals surface area (Å²) in [6, 6.07) is 14.3. The Morgan fingerprint density at radius 1 is 1.00 bits per heavy atom. The van der Waals surface area contributed by atoms with E-state index in [0.29, 0.717) is 35.2 Å². The first-order valence-electron chi connectivity index (χ1n) is 9.27. The number of aryl methyl sites for hydroxylation is 1. The van der Waals surface area contributed by atoms with Crippen molar-refractivity contribution in [1.29, 1.82) is 0 Å². The van der Waals surface area contributed by atoms with Crippen LogP contribution in [-0.2, 0) is 10.0 Å². The Hall–Kier alpha value is -2.84. The molecule has 0 radical (unpaired) electrons. The second-order valence-electron chi connectivity index (χ2n) is 6.97. The third-order valence-electron chi connectivity index (χ3n) is 5.11. The number of carbonyl (C=O) groups excluding carboxylic acids is 1. The lowest BCUT2D eigenvalue weighted by Crippen LogP contribution is -2.50. The van der Waals surface area contributed by atoms with Gasteiger partial charge in [0.1, 0.15) is 5.82 Å². The molecule has 0 unspecified atom stereocenters. The van der Waals surface area contributed by atoms with Gasteiger partial charge in [0, 0.05) is 37.6 Å². The quantitative estimate of drug-likeness (QED) is 0.662. The number of fused-ring (bicyclic) bond motifs is 1. The van der Waals surface area contributed by atoms with Gasteiger partial charge in [0.25, 0.3) is 5.91 Å². The lowest BCUT2D eigenvalue weighted by Gasteiger charge is -2.34. The molecule has 1 amide bonds. The molecule has 1 aliphatic rings. The largest absolute Gasteiger partial charge is 0.336 e. The van der Waals surface area contributed by atoms with Crippen LogP contribution in [0.2, 0.25) is 0 Å². The van der Waals surface area contributed by atoms with Crippen molar-refractivity contribution in [2.24, 2.45) is 0 Å². The first-order valence-corrected chi connectivity index (χ1v) is 10.7. The summed E-state index contributed by atoms with van der Waals surface area (Å²) >= 11 is 0. The van der Waals surface area contributed by atoms with Crippen molar-refractivity contribution in [2.45, 2.75) is 11.8 Å². The van der Waals surface area contributed by atoms with Gasteiger partial charge in [0.2, 0.25) is 10.0 Å². The number of benzene rings is 2. The summed E-state index contributed by atoms with van der Waals surface area (Å²) in [7, 11) is -3.57. The molecule has 1 aromatic heterocycles. The van der Waals surface area contributed by atoms with Crippen LogP contribution in [0, 0.1) is 12.7 Å². The molecule has 1 saturated heterocycles. The summed E-state index contributed by atoms with van der Waals surface area (Å²) in [5.74, 6) is -0.572. The third-order valence-corrected chi connectivity index (χ3v) is 7.02. The van der Waals surface area contributed by atoms with Crippen LogP contribution in [0.25, 0.3) is 10.9 Å². The van der Waals surface area contributed by atoms with Crippen molar-refractivity contribution < 1.29 is 17.6 Å². The molecule has 0 saturated carbocycles. The van der Waals surface area contributed by atoms with E-state index in [4.69, 9.17) is 0 Å². The van der Waals surface area contributed by atoms with Gasteiger partial charge in [-0.15, -0.1) is 0 Å². The maximum absolute atomic E-state index is 13.4. The van der Waals surface area contributed by atoms with Gasteiger partial charge in [0.05, 0.1) is 21.7 Å². The number of piperazine rings is 1. The molecule has 2 aromatic carbocycles. The van der Waals surface area contributed by atoms with Crippen LogP contribution in [0.4, 0.5) is 4.39 Å². The maximum Gasteiger partial charge on any atom is 0.255 e. The molecular formula is C21H20FN3O3S. The molecule has 0 aliphatic carbocycles. The summed E-state index contributed by atoms with van der Waals surface area (Å²) in [6.45, 7) is 2.77. The van der Waals surface area contributed by atoms with E-state index >= 15 is 0 Å². The highest BCUT2D eigenvalue weighted by molar-refractivity contribution is 7.89. The summed E-state index contributed by atoms with van der Waals surface area (Å²) in [5, 5.41) is 0.686. The molecule has 2 heterocycles. The fourth-order valence-corrected chi connectivity index (χ4v) is 4.94. The van der Waals surface area contributed by atoms with E-state index < -0.39 is 10.0 Å². The molecule has 0 bridgehead atoms. The standard InChI is InChI=1S/C21H20FN3O3S/c1-15-19(13-16-7-8-17(22)14-20(16)23-15)21(26)24-9-11-25(12-10-24)29(27,28)18-5-3-2-4-6-18/h2-8,13-14H,9-12H2,1H3. The number of sulfonamides is 1. The zero-order chi connectivity index (χ0) is 20.6. The number of aromatic nitrogens is 1. The van der Waals surface area contributed by atoms with Crippen molar-refractivity contribution in [1.82, 2.24) is 14.2 Å². The predicted octanol–water partition coefficient (Wildman–Crippen LogP) is 2.83. The molecule has 0 atom stereocenters. The van der Waals surface area contributed by atoms with Gasteiger partial charge < -0.3 is 4.90 Å². The van der Waals surface area contributed by atoms with E-state index in [2.05, 4.69) is 4.98 Å². The molecule has 29 heavy (non-hydrogen) atoms. The van der Waals surface area contributed by atoms with Gasteiger partial charge in [0.15, 0.2) is 0 Å². The lowest BCUT2D eigenvalue weighted by molar-refractivity contribution is 0.0697. The van der Waals surface area contributed by atoms with E-state index in [0.717, 1.165) is 0 Å². The normalized spacial score (nSPS) is 15.6. The zero-order valence-electron chi connectivity index (χ0n) is 15.9. The Kier molecular flexibility index (Phi) is 5.06. The van der Waals surface area contributed by atoms with Gasteiger partial charge in [-0.1, -0.05) is 18.2 Å². The summed E-state index contributed by atoms with van der Waals surface area (Å²) in [6.07, 6.45) is 0. The predicted molar refractivity (Wildman–Crippen MR) is 108 cm³/mol. The van der Waals surface area contributed by atoms with Gasteiger partial charge in [-0.3, -0.25) is 9.78 Å². The molecule has 4 rings (SSSR count). The molecule has 1 aliphatic heterocycles. The maximum atomic E-state index is 13.4. The second-order valence-corrected chi connectivity index (χ2v) is 8.91. The Bertz CT molecular complexity index is 1170. The topological polar surface area (TPSA) is 70.6 Å². The number of hydrogen-bond acceptors (Lipinski definition) is 4. The highest BCUT2D eigenvalue weighted by atomic mass is 32.2. The number of amides is 1. The first-order chi connectivity index (χ1) is 13.9. The Balaban J connectivity index is 1.52. The fourth-order valence-electron chi connectivity index (χ4n) is 3.50.